The second kappa shape index (κ2) is 9.84. The highest BCUT2D eigenvalue weighted by atomic mass is 127. The third-order valence-electron chi connectivity index (χ3n) is 3.58. The Hall–Kier alpha value is -1.71. The molecule has 1 aliphatic rings. The third-order valence-corrected chi connectivity index (χ3v) is 3.58. The maximum absolute atomic E-state index is 12.3. The number of nitrogens with zero attached hydrogens (tertiary/aromatic N) is 2. The lowest BCUT2D eigenvalue weighted by molar-refractivity contribution is 0.0240. The summed E-state index contributed by atoms with van der Waals surface area (Å²) in [5.74, 6) is 1.04. The molecule has 0 heterocycles. The summed E-state index contributed by atoms with van der Waals surface area (Å²) in [5, 5.41) is 3.02. The average molecular weight is 476 g/mol. The monoisotopic (exact) mass is 476 g/mol. The molecule has 0 saturated heterocycles. The van der Waals surface area contributed by atoms with Crippen LogP contribution in [0.25, 0.3) is 0 Å². The minimum absolute atomic E-state index is 0. The van der Waals surface area contributed by atoms with Gasteiger partial charge in [0, 0.05) is 24.3 Å². The highest BCUT2D eigenvalue weighted by molar-refractivity contribution is 14.0. The molecule has 1 fully saturated rings. The first-order valence-electron chi connectivity index (χ1n) is 8.49. The van der Waals surface area contributed by atoms with Crippen LogP contribution in [0.1, 0.15) is 33.6 Å². The summed E-state index contributed by atoms with van der Waals surface area (Å²) in [6.45, 7) is 6.50. The van der Waals surface area contributed by atoms with Crippen molar-refractivity contribution >= 4 is 41.7 Å². The molecule has 1 amide bonds. The van der Waals surface area contributed by atoms with Crippen molar-refractivity contribution in [1.82, 2.24) is 4.90 Å². The molecule has 0 unspecified atom stereocenters. The molecule has 1 saturated carbocycles. The summed E-state index contributed by atoms with van der Waals surface area (Å²) < 4.78 is 10.6. The van der Waals surface area contributed by atoms with E-state index >= 15 is 0 Å². The number of nitrogens with two attached hydrogens (primary N) is 1. The number of guanidine groups is 1. The molecular weight excluding hydrogens is 447 g/mol. The van der Waals surface area contributed by atoms with Crippen LogP contribution in [0.4, 0.5) is 10.5 Å². The molecular formula is C18H29IN4O3. The van der Waals surface area contributed by atoms with Gasteiger partial charge in [0.2, 0.25) is 0 Å². The van der Waals surface area contributed by atoms with Gasteiger partial charge in [0.25, 0.3) is 0 Å². The van der Waals surface area contributed by atoms with Crippen molar-refractivity contribution in [2.75, 3.05) is 25.5 Å². The van der Waals surface area contributed by atoms with Crippen LogP contribution >= 0.6 is 24.0 Å². The number of nitrogens with one attached hydrogen (secondary N) is 1. The summed E-state index contributed by atoms with van der Waals surface area (Å²) in [7, 11) is 1.61. The number of aliphatic imine (C=N–C) groups is 1. The molecule has 0 aromatic heterocycles. The molecule has 26 heavy (non-hydrogen) atoms. The Labute approximate surface area is 172 Å². The normalized spacial score (nSPS) is 14.2. The quantitative estimate of drug-likeness (QED) is 0.373. The first kappa shape index (κ1) is 22.3. The first-order valence-corrected chi connectivity index (χ1v) is 8.49. The lowest BCUT2D eigenvalue weighted by Crippen LogP contribution is -2.40. The van der Waals surface area contributed by atoms with E-state index in [1.807, 2.05) is 45.0 Å². The van der Waals surface area contributed by atoms with E-state index in [-0.39, 0.29) is 36.1 Å². The van der Waals surface area contributed by atoms with Crippen molar-refractivity contribution in [3.05, 3.63) is 24.3 Å². The number of hydrogen-bond acceptors (Lipinski definition) is 4. The zero-order chi connectivity index (χ0) is 18.4. The van der Waals surface area contributed by atoms with Gasteiger partial charge in [-0.3, -0.25) is 4.99 Å². The van der Waals surface area contributed by atoms with E-state index in [1.54, 1.807) is 12.0 Å². The van der Waals surface area contributed by atoms with Crippen LogP contribution in [0.5, 0.6) is 5.75 Å². The van der Waals surface area contributed by atoms with Crippen molar-refractivity contribution in [1.29, 1.82) is 0 Å². The Morgan fingerprint density at radius 1 is 1.38 bits per heavy atom. The van der Waals surface area contributed by atoms with E-state index in [0.717, 1.165) is 24.3 Å². The molecule has 0 radical (unpaired) electrons. The van der Waals surface area contributed by atoms with Gasteiger partial charge in [-0.05, 0) is 45.7 Å². The lowest BCUT2D eigenvalue weighted by Gasteiger charge is -2.27. The Balaban J connectivity index is 0.00000338. The first-order chi connectivity index (χ1) is 11.8. The van der Waals surface area contributed by atoms with Crippen molar-refractivity contribution in [2.24, 2.45) is 10.7 Å². The summed E-state index contributed by atoms with van der Waals surface area (Å²) in [6.07, 6.45) is 1.74. The fraction of sp³-hybridized carbons (Fsp3) is 0.556. The fourth-order valence-corrected chi connectivity index (χ4v) is 2.30. The van der Waals surface area contributed by atoms with Crippen LogP contribution in [0.15, 0.2) is 29.3 Å². The van der Waals surface area contributed by atoms with E-state index < -0.39 is 5.60 Å². The summed E-state index contributed by atoms with van der Waals surface area (Å²) in [6, 6.07) is 7.69. The number of methoxy groups -OCH3 is 1. The Bertz CT molecular complexity index is 627. The van der Waals surface area contributed by atoms with Gasteiger partial charge in [0.1, 0.15) is 11.4 Å². The zero-order valence-corrected chi connectivity index (χ0v) is 18.2. The maximum atomic E-state index is 12.3. The van der Waals surface area contributed by atoms with E-state index in [1.165, 1.54) is 0 Å². The molecule has 7 nitrogen and oxygen atoms in total. The Morgan fingerprint density at radius 2 is 2.08 bits per heavy atom. The zero-order valence-electron chi connectivity index (χ0n) is 15.8. The molecule has 146 valence electrons. The Morgan fingerprint density at radius 3 is 2.65 bits per heavy atom. The Kier molecular flexibility index (Phi) is 8.45. The van der Waals surface area contributed by atoms with Crippen molar-refractivity contribution in [3.63, 3.8) is 0 Å². The topological polar surface area (TPSA) is 89.2 Å². The number of carbonyl (C=O) groups excluding carboxylic acids is 1. The van der Waals surface area contributed by atoms with Gasteiger partial charge >= 0.3 is 6.09 Å². The third kappa shape index (κ3) is 7.67. The van der Waals surface area contributed by atoms with Crippen LogP contribution in [-0.4, -0.2) is 48.8 Å². The molecule has 3 N–H and O–H groups in total. The van der Waals surface area contributed by atoms with Gasteiger partial charge in [-0.2, -0.15) is 0 Å². The number of carbonyl (C=O) groups is 1. The molecule has 1 aromatic carbocycles. The highest BCUT2D eigenvalue weighted by Gasteiger charge is 2.34. The number of ether oxygens (including phenoxy) is 2. The minimum Gasteiger partial charge on any atom is -0.497 e. The lowest BCUT2D eigenvalue weighted by atomic mass is 10.2. The van der Waals surface area contributed by atoms with Crippen LogP contribution in [0, 0.1) is 0 Å². The minimum atomic E-state index is -0.500. The summed E-state index contributed by atoms with van der Waals surface area (Å²) in [4.78, 5) is 18.3. The molecule has 1 aromatic rings. The molecule has 8 heteroatoms. The number of amides is 1. The molecule has 0 atom stereocenters. The summed E-state index contributed by atoms with van der Waals surface area (Å²) in [5.41, 5.74) is 6.21. The SMILES string of the molecule is COc1cccc(NC(N)=NCCN(C(=O)OC(C)(C)C)C2CC2)c1.I. The average Bonchev–Trinajstić information content (AvgIpc) is 3.34. The number of benzene rings is 1. The van der Waals surface area contributed by atoms with Crippen LogP contribution in [-0.2, 0) is 4.74 Å². The second-order valence-electron chi connectivity index (χ2n) is 7.03. The van der Waals surface area contributed by atoms with Crippen molar-refractivity contribution in [3.8, 4) is 5.75 Å². The largest absolute Gasteiger partial charge is 0.497 e. The maximum Gasteiger partial charge on any atom is 0.410 e. The van der Waals surface area contributed by atoms with Gasteiger partial charge in [0.15, 0.2) is 5.96 Å². The smallest absolute Gasteiger partial charge is 0.410 e. The van der Waals surface area contributed by atoms with Crippen LogP contribution < -0.4 is 15.8 Å². The number of anilines is 1. The van der Waals surface area contributed by atoms with Gasteiger partial charge in [-0.15, -0.1) is 24.0 Å². The molecule has 0 bridgehead atoms. The second-order valence-corrected chi connectivity index (χ2v) is 7.03. The number of halogens is 1. The van der Waals surface area contributed by atoms with Gasteiger partial charge in [0.05, 0.1) is 13.7 Å². The van der Waals surface area contributed by atoms with Crippen LogP contribution in [0.2, 0.25) is 0 Å². The predicted molar refractivity (Wildman–Crippen MR) is 114 cm³/mol. The van der Waals surface area contributed by atoms with E-state index in [0.29, 0.717) is 19.0 Å². The highest BCUT2D eigenvalue weighted by Crippen LogP contribution is 2.28. The molecule has 0 spiro atoms. The predicted octanol–water partition coefficient (Wildman–Crippen LogP) is 3.44. The van der Waals surface area contributed by atoms with Gasteiger partial charge < -0.3 is 25.4 Å². The van der Waals surface area contributed by atoms with E-state index in [4.69, 9.17) is 15.2 Å². The van der Waals surface area contributed by atoms with E-state index in [9.17, 15) is 4.79 Å². The molecule has 1 aliphatic carbocycles. The van der Waals surface area contributed by atoms with Crippen LogP contribution in [0.3, 0.4) is 0 Å². The van der Waals surface area contributed by atoms with Crippen molar-refractivity contribution in [2.45, 2.75) is 45.3 Å². The number of rotatable bonds is 6. The molecule has 2 rings (SSSR count). The molecule has 0 aliphatic heterocycles. The van der Waals surface area contributed by atoms with E-state index in [2.05, 4.69) is 10.3 Å². The number of hydrogen-bond donors (Lipinski definition) is 2. The summed E-state index contributed by atoms with van der Waals surface area (Å²) >= 11 is 0. The van der Waals surface area contributed by atoms with Gasteiger partial charge in [-0.25, -0.2) is 4.79 Å². The fourth-order valence-electron chi connectivity index (χ4n) is 2.30. The standard InChI is InChI=1S/C18H28N4O3.HI/c1-18(2,3)25-17(23)22(14-8-9-14)11-10-20-16(19)21-13-6-5-7-15(12-13)24-4;/h5-7,12,14H,8-11H2,1-4H3,(H3,19,20,21);1H. The van der Waals surface area contributed by atoms with Crippen molar-refractivity contribution < 1.29 is 14.3 Å². The van der Waals surface area contributed by atoms with Gasteiger partial charge in [-0.1, -0.05) is 6.07 Å².